The molecule has 0 unspecified atom stereocenters. The molecular weight excluding hydrogens is 412 g/mol. The molecule has 2 aromatic heterocycles. The molecule has 0 spiro atoms. The van der Waals surface area contributed by atoms with Gasteiger partial charge in [-0.25, -0.2) is 9.78 Å². The fourth-order valence-electron chi connectivity index (χ4n) is 3.02. The third-order valence-corrected chi connectivity index (χ3v) is 5.53. The number of hydrogen-bond donors (Lipinski definition) is 0. The Balaban J connectivity index is 1.45. The molecule has 31 heavy (non-hydrogen) atoms. The number of rotatable bonds is 7. The number of hydrogen-bond acceptors (Lipinski definition) is 6. The second kappa shape index (κ2) is 9.40. The van der Waals surface area contributed by atoms with E-state index < -0.39 is 5.97 Å². The minimum Gasteiger partial charge on any atom is -0.452 e. The topological polar surface area (TPSA) is 72.6 Å². The molecule has 0 N–H and O–H groups in total. The predicted octanol–water partition coefficient (Wildman–Crippen LogP) is 4.89. The highest BCUT2D eigenvalue weighted by Crippen LogP contribution is 2.28. The summed E-state index contributed by atoms with van der Waals surface area (Å²) < 4.78 is 11.2. The van der Waals surface area contributed by atoms with Gasteiger partial charge in [-0.3, -0.25) is 4.79 Å². The smallest absolute Gasteiger partial charge is 0.339 e. The van der Waals surface area contributed by atoms with E-state index in [0.717, 1.165) is 10.4 Å². The molecule has 4 rings (SSSR count). The normalized spacial score (nSPS) is 10.6. The molecule has 1 amide bonds. The van der Waals surface area contributed by atoms with E-state index in [1.807, 2.05) is 47.8 Å². The van der Waals surface area contributed by atoms with Gasteiger partial charge in [0.1, 0.15) is 0 Å². The highest BCUT2D eigenvalue weighted by atomic mass is 32.1. The Labute approximate surface area is 183 Å². The van der Waals surface area contributed by atoms with E-state index in [1.165, 1.54) is 4.90 Å². The lowest BCUT2D eigenvalue weighted by molar-refractivity contribution is -0.133. The minimum atomic E-state index is -0.604. The van der Waals surface area contributed by atoms with Crippen molar-refractivity contribution in [2.24, 2.45) is 0 Å². The highest BCUT2D eigenvalue weighted by molar-refractivity contribution is 7.09. The van der Waals surface area contributed by atoms with Gasteiger partial charge in [0.2, 0.25) is 5.89 Å². The average Bonchev–Trinajstić information content (AvgIpc) is 3.50. The molecule has 6 nitrogen and oxygen atoms in total. The van der Waals surface area contributed by atoms with Crippen LogP contribution in [0.1, 0.15) is 15.2 Å². The Kier molecular flexibility index (Phi) is 6.24. The molecule has 156 valence electrons. The van der Waals surface area contributed by atoms with Crippen LogP contribution in [0.5, 0.6) is 0 Å². The van der Waals surface area contributed by atoms with Crippen LogP contribution >= 0.6 is 11.3 Å². The number of benzene rings is 2. The first kappa shape index (κ1) is 20.6. The molecule has 0 atom stereocenters. The SMILES string of the molecule is CN(Cc1cccs1)C(=O)COC(=O)c1ccccc1-c1ncc(-c2ccccc2)o1. The van der Waals surface area contributed by atoms with Crippen molar-refractivity contribution in [3.05, 3.63) is 88.7 Å². The highest BCUT2D eigenvalue weighted by Gasteiger charge is 2.20. The number of aromatic nitrogens is 1. The van der Waals surface area contributed by atoms with Crippen molar-refractivity contribution in [2.75, 3.05) is 13.7 Å². The number of thiophene rings is 1. The summed E-state index contributed by atoms with van der Waals surface area (Å²) in [6.07, 6.45) is 1.62. The van der Waals surface area contributed by atoms with Crippen molar-refractivity contribution in [3.63, 3.8) is 0 Å². The monoisotopic (exact) mass is 432 g/mol. The largest absolute Gasteiger partial charge is 0.452 e. The first-order chi connectivity index (χ1) is 15.1. The lowest BCUT2D eigenvalue weighted by Crippen LogP contribution is -2.30. The number of likely N-dealkylation sites (N-methyl/N-ethyl adjacent to an activating group) is 1. The molecule has 0 radical (unpaired) electrons. The first-order valence-corrected chi connectivity index (χ1v) is 10.5. The summed E-state index contributed by atoms with van der Waals surface area (Å²) in [5.41, 5.74) is 1.69. The number of carbonyl (C=O) groups is 2. The van der Waals surface area contributed by atoms with E-state index in [-0.39, 0.29) is 18.1 Å². The third-order valence-electron chi connectivity index (χ3n) is 4.67. The van der Waals surface area contributed by atoms with Crippen LogP contribution in [0.15, 0.2) is 82.7 Å². The molecule has 0 aliphatic rings. The summed E-state index contributed by atoms with van der Waals surface area (Å²) in [6, 6.07) is 20.4. The van der Waals surface area contributed by atoms with Crippen LogP contribution in [0.4, 0.5) is 0 Å². The van der Waals surface area contributed by atoms with Crippen LogP contribution in [0.2, 0.25) is 0 Å². The van der Waals surface area contributed by atoms with Crippen molar-refractivity contribution in [1.29, 1.82) is 0 Å². The zero-order chi connectivity index (χ0) is 21.6. The Morgan fingerprint density at radius 3 is 2.58 bits per heavy atom. The van der Waals surface area contributed by atoms with Crippen LogP contribution < -0.4 is 0 Å². The Morgan fingerprint density at radius 1 is 1.03 bits per heavy atom. The molecule has 0 saturated carbocycles. The van der Waals surface area contributed by atoms with Gasteiger partial charge in [0.05, 0.1) is 23.9 Å². The predicted molar refractivity (Wildman–Crippen MR) is 118 cm³/mol. The number of amides is 1. The summed E-state index contributed by atoms with van der Waals surface area (Å²) >= 11 is 1.57. The second-order valence-corrected chi connectivity index (χ2v) is 7.88. The van der Waals surface area contributed by atoms with E-state index in [0.29, 0.717) is 23.8 Å². The number of ether oxygens (including phenoxy) is 1. The van der Waals surface area contributed by atoms with Gasteiger partial charge in [-0.1, -0.05) is 48.5 Å². The molecule has 7 heteroatoms. The average molecular weight is 433 g/mol. The van der Waals surface area contributed by atoms with Crippen LogP contribution in [0.25, 0.3) is 22.8 Å². The van der Waals surface area contributed by atoms with Crippen LogP contribution in [0.3, 0.4) is 0 Å². The zero-order valence-corrected chi connectivity index (χ0v) is 17.7. The lowest BCUT2D eigenvalue weighted by Gasteiger charge is -2.16. The molecule has 2 aromatic carbocycles. The lowest BCUT2D eigenvalue weighted by atomic mass is 10.1. The summed E-state index contributed by atoms with van der Waals surface area (Å²) in [5, 5.41) is 1.95. The van der Waals surface area contributed by atoms with Crippen molar-refractivity contribution >= 4 is 23.2 Å². The fourth-order valence-corrected chi connectivity index (χ4v) is 3.78. The van der Waals surface area contributed by atoms with Crippen LogP contribution in [-0.2, 0) is 16.1 Å². The van der Waals surface area contributed by atoms with E-state index in [1.54, 1.807) is 48.8 Å². The molecular formula is C24H20N2O4S. The molecule has 0 fully saturated rings. The van der Waals surface area contributed by atoms with Crippen molar-refractivity contribution in [2.45, 2.75) is 6.54 Å². The van der Waals surface area contributed by atoms with E-state index in [2.05, 4.69) is 4.98 Å². The fraction of sp³-hybridized carbons (Fsp3) is 0.125. The van der Waals surface area contributed by atoms with Crippen molar-refractivity contribution in [1.82, 2.24) is 9.88 Å². The standard InChI is InChI=1S/C24H20N2O4S/c1-26(15-18-10-7-13-31-18)22(27)16-29-24(28)20-12-6-5-11-19(20)23-25-14-21(30-23)17-8-3-2-4-9-17/h2-14H,15-16H2,1H3. The second-order valence-electron chi connectivity index (χ2n) is 6.85. The minimum absolute atomic E-state index is 0.276. The van der Waals surface area contributed by atoms with Gasteiger partial charge in [-0.15, -0.1) is 11.3 Å². The maximum Gasteiger partial charge on any atom is 0.339 e. The quantitative estimate of drug-likeness (QED) is 0.389. The Hall–Kier alpha value is -3.71. The number of esters is 1. The summed E-state index contributed by atoms with van der Waals surface area (Å²) in [5.74, 6) is 0.0337. The van der Waals surface area contributed by atoms with Gasteiger partial charge < -0.3 is 14.1 Å². The zero-order valence-electron chi connectivity index (χ0n) is 16.9. The maximum atomic E-state index is 12.7. The van der Waals surface area contributed by atoms with Gasteiger partial charge >= 0.3 is 5.97 Å². The maximum absolute atomic E-state index is 12.7. The molecule has 0 aliphatic heterocycles. The summed E-state index contributed by atoms with van der Waals surface area (Å²) in [7, 11) is 1.68. The molecule has 2 heterocycles. The molecule has 4 aromatic rings. The van der Waals surface area contributed by atoms with E-state index >= 15 is 0 Å². The summed E-state index contributed by atoms with van der Waals surface area (Å²) in [4.78, 5) is 32.0. The van der Waals surface area contributed by atoms with Gasteiger partial charge in [0.25, 0.3) is 5.91 Å². The summed E-state index contributed by atoms with van der Waals surface area (Å²) in [6.45, 7) is 0.138. The van der Waals surface area contributed by atoms with Gasteiger partial charge in [0.15, 0.2) is 12.4 Å². The van der Waals surface area contributed by atoms with Gasteiger partial charge in [0, 0.05) is 17.5 Å². The van der Waals surface area contributed by atoms with Crippen LogP contribution in [-0.4, -0.2) is 35.4 Å². The molecule has 0 bridgehead atoms. The van der Waals surface area contributed by atoms with Gasteiger partial charge in [-0.05, 0) is 23.6 Å². The number of oxazole rings is 1. The van der Waals surface area contributed by atoms with Crippen molar-refractivity contribution < 1.29 is 18.7 Å². The third kappa shape index (κ3) is 4.90. The van der Waals surface area contributed by atoms with Gasteiger partial charge in [-0.2, -0.15) is 0 Å². The number of nitrogens with zero attached hydrogens (tertiary/aromatic N) is 2. The van der Waals surface area contributed by atoms with E-state index in [9.17, 15) is 9.59 Å². The first-order valence-electron chi connectivity index (χ1n) is 9.66. The molecule has 0 saturated heterocycles. The van der Waals surface area contributed by atoms with Crippen LogP contribution in [0, 0.1) is 0 Å². The number of carbonyl (C=O) groups excluding carboxylic acids is 2. The van der Waals surface area contributed by atoms with E-state index in [4.69, 9.17) is 9.15 Å². The Morgan fingerprint density at radius 2 is 1.81 bits per heavy atom. The molecule has 0 aliphatic carbocycles. The van der Waals surface area contributed by atoms with Crippen molar-refractivity contribution in [3.8, 4) is 22.8 Å². The Bertz CT molecular complexity index is 1170.